The maximum atomic E-state index is 11.7. The van der Waals surface area contributed by atoms with E-state index >= 15 is 0 Å². The van der Waals surface area contributed by atoms with Gasteiger partial charge in [-0.25, -0.2) is 9.78 Å². The SMILES string of the molecule is Cc1ccc(-c2nc(COC(=O)CCCCCNC(N)=O)cs2)cc1. The van der Waals surface area contributed by atoms with Crippen molar-refractivity contribution in [3.8, 4) is 10.6 Å². The first-order valence-electron chi connectivity index (χ1n) is 8.25. The van der Waals surface area contributed by atoms with Crippen LogP contribution in [0.1, 0.15) is 36.9 Å². The van der Waals surface area contributed by atoms with E-state index in [-0.39, 0.29) is 12.6 Å². The van der Waals surface area contributed by atoms with Gasteiger partial charge in [-0.2, -0.15) is 0 Å². The summed E-state index contributed by atoms with van der Waals surface area (Å²) in [6, 6.07) is 7.66. The molecule has 0 fully saturated rings. The molecule has 0 saturated carbocycles. The third kappa shape index (κ3) is 6.93. The Hall–Kier alpha value is -2.41. The molecule has 0 unspecified atom stereocenters. The molecule has 0 bridgehead atoms. The van der Waals surface area contributed by atoms with E-state index in [0.717, 1.165) is 35.5 Å². The van der Waals surface area contributed by atoms with Gasteiger partial charge < -0.3 is 15.8 Å². The third-order valence-corrected chi connectivity index (χ3v) is 4.53. The highest BCUT2D eigenvalue weighted by atomic mass is 32.1. The predicted molar refractivity (Wildman–Crippen MR) is 98.1 cm³/mol. The van der Waals surface area contributed by atoms with E-state index in [2.05, 4.69) is 22.4 Å². The first-order valence-corrected chi connectivity index (χ1v) is 9.13. The molecule has 3 N–H and O–H groups in total. The van der Waals surface area contributed by atoms with Gasteiger partial charge in [0.25, 0.3) is 0 Å². The van der Waals surface area contributed by atoms with Gasteiger partial charge in [-0.1, -0.05) is 36.2 Å². The summed E-state index contributed by atoms with van der Waals surface area (Å²) < 4.78 is 5.26. The van der Waals surface area contributed by atoms with Crippen LogP contribution >= 0.6 is 11.3 Å². The van der Waals surface area contributed by atoms with Crippen LogP contribution in [0.25, 0.3) is 10.6 Å². The smallest absolute Gasteiger partial charge is 0.312 e. The van der Waals surface area contributed by atoms with Crippen molar-refractivity contribution in [3.05, 3.63) is 40.9 Å². The van der Waals surface area contributed by atoms with Crippen LogP contribution in [0.3, 0.4) is 0 Å². The Labute approximate surface area is 151 Å². The predicted octanol–water partition coefficient (Wildman–Crippen LogP) is 3.39. The van der Waals surface area contributed by atoms with Gasteiger partial charge in [-0.15, -0.1) is 11.3 Å². The number of amides is 2. The van der Waals surface area contributed by atoms with Gasteiger partial charge in [-0.3, -0.25) is 4.79 Å². The van der Waals surface area contributed by atoms with E-state index in [4.69, 9.17) is 10.5 Å². The zero-order chi connectivity index (χ0) is 18.1. The van der Waals surface area contributed by atoms with Gasteiger partial charge in [0.1, 0.15) is 11.6 Å². The number of hydrogen-bond donors (Lipinski definition) is 2. The summed E-state index contributed by atoms with van der Waals surface area (Å²) in [5.41, 5.74) is 8.01. The van der Waals surface area contributed by atoms with Crippen molar-refractivity contribution in [1.29, 1.82) is 0 Å². The number of unbranched alkanes of at least 4 members (excludes halogenated alkanes) is 2. The summed E-state index contributed by atoms with van der Waals surface area (Å²) in [7, 11) is 0. The van der Waals surface area contributed by atoms with Gasteiger partial charge in [0, 0.05) is 23.9 Å². The molecule has 2 rings (SSSR count). The third-order valence-electron chi connectivity index (χ3n) is 3.59. The molecule has 0 aliphatic carbocycles. The summed E-state index contributed by atoms with van der Waals surface area (Å²) in [6.07, 6.45) is 2.72. The molecule has 7 heteroatoms. The van der Waals surface area contributed by atoms with E-state index in [0.29, 0.717) is 13.0 Å². The highest BCUT2D eigenvalue weighted by Gasteiger charge is 2.08. The number of aryl methyl sites for hydroxylation is 1. The number of carbonyl (C=O) groups is 2. The standard InChI is InChI=1S/C18H23N3O3S/c1-13-6-8-14(9-7-13)17-21-15(12-25-17)11-24-16(22)5-3-2-4-10-20-18(19)23/h6-9,12H,2-5,10-11H2,1H3,(H3,19,20,23). The Morgan fingerprint density at radius 3 is 2.68 bits per heavy atom. The number of urea groups is 1. The van der Waals surface area contributed by atoms with E-state index < -0.39 is 6.03 Å². The number of nitrogens with two attached hydrogens (primary N) is 1. The fraction of sp³-hybridized carbons (Fsp3) is 0.389. The molecule has 6 nitrogen and oxygen atoms in total. The lowest BCUT2D eigenvalue weighted by atomic mass is 10.2. The Kier molecular flexibility index (Phi) is 7.40. The van der Waals surface area contributed by atoms with Crippen LogP contribution in [0.5, 0.6) is 0 Å². The number of carbonyl (C=O) groups excluding carboxylic acids is 2. The summed E-state index contributed by atoms with van der Waals surface area (Å²) >= 11 is 1.54. The first-order chi connectivity index (χ1) is 12.0. The Bertz CT molecular complexity index is 698. The monoisotopic (exact) mass is 361 g/mol. The van der Waals surface area contributed by atoms with E-state index in [9.17, 15) is 9.59 Å². The van der Waals surface area contributed by atoms with Gasteiger partial charge in [0.2, 0.25) is 0 Å². The van der Waals surface area contributed by atoms with Crippen molar-refractivity contribution in [3.63, 3.8) is 0 Å². The fourth-order valence-electron chi connectivity index (χ4n) is 2.21. The lowest BCUT2D eigenvalue weighted by molar-refractivity contribution is -0.145. The average Bonchev–Trinajstić information content (AvgIpc) is 3.05. The van der Waals surface area contributed by atoms with Gasteiger partial charge >= 0.3 is 12.0 Å². The number of esters is 1. The Balaban J connectivity index is 1.66. The molecular formula is C18H23N3O3S. The van der Waals surface area contributed by atoms with E-state index in [1.807, 2.05) is 24.4 Å². The second kappa shape index (κ2) is 9.78. The molecule has 1 heterocycles. The number of rotatable bonds is 9. The van der Waals surface area contributed by atoms with Gasteiger partial charge in [-0.05, 0) is 19.8 Å². The van der Waals surface area contributed by atoms with E-state index in [1.54, 1.807) is 11.3 Å². The second-order valence-corrected chi connectivity index (χ2v) is 6.63. The van der Waals surface area contributed by atoms with Crippen LogP contribution in [0.2, 0.25) is 0 Å². The molecule has 0 atom stereocenters. The quantitative estimate of drug-likeness (QED) is 0.529. The molecule has 0 aliphatic rings. The second-order valence-electron chi connectivity index (χ2n) is 5.77. The van der Waals surface area contributed by atoms with Crippen LogP contribution < -0.4 is 11.1 Å². The van der Waals surface area contributed by atoms with Crippen molar-refractivity contribution in [1.82, 2.24) is 10.3 Å². The van der Waals surface area contributed by atoms with Crippen molar-refractivity contribution in [2.45, 2.75) is 39.2 Å². The molecule has 0 radical (unpaired) electrons. The number of thiazole rings is 1. The van der Waals surface area contributed by atoms with Crippen molar-refractivity contribution in [2.75, 3.05) is 6.54 Å². The van der Waals surface area contributed by atoms with Crippen molar-refractivity contribution in [2.24, 2.45) is 5.73 Å². The minimum atomic E-state index is -0.521. The van der Waals surface area contributed by atoms with E-state index in [1.165, 1.54) is 5.56 Å². The topological polar surface area (TPSA) is 94.3 Å². The number of hydrogen-bond acceptors (Lipinski definition) is 5. The normalized spacial score (nSPS) is 10.4. The molecule has 25 heavy (non-hydrogen) atoms. The minimum absolute atomic E-state index is 0.199. The molecule has 2 amide bonds. The highest BCUT2D eigenvalue weighted by Crippen LogP contribution is 2.24. The van der Waals surface area contributed by atoms with Crippen LogP contribution in [-0.4, -0.2) is 23.5 Å². The number of nitrogens with zero attached hydrogens (tertiary/aromatic N) is 1. The number of aromatic nitrogens is 1. The molecule has 134 valence electrons. The summed E-state index contributed by atoms with van der Waals surface area (Å²) in [4.78, 5) is 26.7. The first kappa shape index (κ1) is 18.9. The molecule has 0 aliphatic heterocycles. The maximum absolute atomic E-state index is 11.7. The molecular weight excluding hydrogens is 338 g/mol. The van der Waals surface area contributed by atoms with Gasteiger partial charge in [0.15, 0.2) is 0 Å². The Morgan fingerprint density at radius 2 is 1.96 bits per heavy atom. The molecule has 0 saturated heterocycles. The lowest BCUT2D eigenvalue weighted by Gasteiger charge is -2.04. The number of nitrogens with one attached hydrogen (secondary N) is 1. The van der Waals surface area contributed by atoms with Gasteiger partial charge in [0.05, 0.1) is 5.69 Å². The maximum Gasteiger partial charge on any atom is 0.312 e. The minimum Gasteiger partial charge on any atom is -0.459 e. The van der Waals surface area contributed by atoms with Crippen LogP contribution in [0.15, 0.2) is 29.6 Å². The number of primary amides is 1. The zero-order valence-corrected chi connectivity index (χ0v) is 15.1. The highest BCUT2D eigenvalue weighted by molar-refractivity contribution is 7.13. The van der Waals surface area contributed by atoms with Crippen LogP contribution in [0.4, 0.5) is 4.79 Å². The van der Waals surface area contributed by atoms with Crippen molar-refractivity contribution < 1.29 is 14.3 Å². The summed E-state index contributed by atoms with van der Waals surface area (Å²) in [5, 5.41) is 5.35. The largest absolute Gasteiger partial charge is 0.459 e. The Morgan fingerprint density at radius 1 is 1.20 bits per heavy atom. The fourth-order valence-corrected chi connectivity index (χ4v) is 3.02. The summed E-state index contributed by atoms with van der Waals surface area (Å²) in [6.45, 7) is 2.78. The van der Waals surface area contributed by atoms with Crippen LogP contribution in [-0.2, 0) is 16.1 Å². The number of ether oxygens (including phenoxy) is 1. The molecule has 0 spiro atoms. The van der Waals surface area contributed by atoms with Crippen molar-refractivity contribution >= 4 is 23.3 Å². The molecule has 2 aromatic rings. The molecule has 1 aromatic carbocycles. The summed E-state index contributed by atoms with van der Waals surface area (Å²) in [5.74, 6) is -0.229. The number of benzene rings is 1. The average molecular weight is 361 g/mol. The molecule has 1 aromatic heterocycles. The van der Waals surface area contributed by atoms with Crippen LogP contribution in [0, 0.1) is 6.92 Å². The zero-order valence-electron chi connectivity index (χ0n) is 14.3. The lowest BCUT2D eigenvalue weighted by Crippen LogP contribution is -2.29.